The Hall–Kier alpha value is -2.09. The lowest BCUT2D eigenvalue weighted by atomic mass is 9.97. The number of hydrogen-bond acceptors (Lipinski definition) is 5. The summed E-state index contributed by atoms with van der Waals surface area (Å²) in [5, 5.41) is 0. The van der Waals surface area contributed by atoms with Crippen LogP contribution in [0.1, 0.15) is 18.4 Å². The van der Waals surface area contributed by atoms with Crippen molar-refractivity contribution in [3.63, 3.8) is 0 Å². The van der Waals surface area contributed by atoms with Crippen molar-refractivity contribution in [2.45, 2.75) is 19.8 Å². The highest BCUT2D eigenvalue weighted by atomic mass is 32.2. The van der Waals surface area contributed by atoms with Gasteiger partial charge < -0.3 is 9.64 Å². The van der Waals surface area contributed by atoms with Crippen LogP contribution in [0.25, 0.3) is 0 Å². The Bertz CT molecular complexity index is 722. The van der Waals surface area contributed by atoms with Crippen LogP contribution in [0.2, 0.25) is 0 Å². The highest BCUT2D eigenvalue weighted by Crippen LogP contribution is 2.21. The molecule has 25 heavy (non-hydrogen) atoms. The number of sulfonamides is 1. The second kappa shape index (κ2) is 7.86. The minimum atomic E-state index is -3.58. The first-order valence-corrected chi connectivity index (χ1v) is 9.97. The number of amides is 1. The number of likely N-dealkylation sites (tertiary alicyclic amines) is 1. The molecule has 1 amide bonds. The number of aryl methyl sites for hydroxylation is 1. The van der Waals surface area contributed by atoms with E-state index in [-0.39, 0.29) is 24.3 Å². The van der Waals surface area contributed by atoms with Gasteiger partial charge in [0.05, 0.1) is 25.0 Å². The summed E-state index contributed by atoms with van der Waals surface area (Å²) in [6.07, 6.45) is 2.15. The zero-order valence-electron chi connectivity index (χ0n) is 14.8. The first kappa shape index (κ1) is 19.2. The highest BCUT2D eigenvalue weighted by Gasteiger charge is 2.30. The summed E-state index contributed by atoms with van der Waals surface area (Å²) in [4.78, 5) is 25.7. The van der Waals surface area contributed by atoms with E-state index in [2.05, 4.69) is 0 Å². The van der Waals surface area contributed by atoms with E-state index in [1.54, 1.807) is 29.2 Å². The smallest absolute Gasteiger partial charge is 0.308 e. The zero-order chi connectivity index (χ0) is 18.6. The first-order chi connectivity index (χ1) is 11.7. The summed E-state index contributed by atoms with van der Waals surface area (Å²) in [6, 6.07) is 6.99. The lowest BCUT2D eigenvalue weighted by Gasteiger charge is -2.32. The standard InChI is InChI=1S/C17H24N2O5S/c1-13-4-6-15(7-5-13)19(25(3,22)23)12-16(20)18-10-8-14(9-11-18)17(21)24-2/h4-7,14H,8-12H2,1-3H3. The molecular weight excluding hydrogens is 344 g/mol. The molecule has 8 heteroatoms. The van der Waals surface area contributed by atoms with Crippen LogP contribution in [0.5, 0.6) is 0 Å². The number of piperidine rings is 1. The monoisotopic (exact) mass is 368 g/mol. The molecule has 7 nitrogen and oxygen atoms in total. The Kier molecular flexibility index (Phi) is 6.05. The molecule has 138 valence electrons. The van der Waals surface area contributed by atoms with E-state index < -0.39 is 10.0 Å². The Morgan fingerprint density at radius 1 is 1.20 bits per heavy atom. The summed E-state index contributed by atoms with van der Waals surface area (Å²) < 4.78 is 30.1. The van der Waals surface area contributed by atoms with Gasteiger partial charge in [0.1, 0.15) is 6.54 Å². The van der Waals surface area contributed by atoms with Gasteiger partial charge in [0, 0.05) is 13.1 Å². The fourth-order valence-electron chi connectivity index (χ4n) is 2.87. The van der Waals surface area contributed by atoms with Gasteiger partial charge in [-0.1, -0.05) is 17.7 Å². The van der Waals surface area contributed by atoms with Crippen molar-refractivity contribution in [3.05, 3.63) is 29.8 Å². The van der Waals surface area contributed by atoms with E-state index in [1.807, 2.05) is 6.92 Å². The maximum absolute atomic E-state index is 12.5. The second-order valence-corrected chi connectivity index (χ2v) is 8.19. The van der Waals surface area contributed by atoms with E-state index in [0.717, 1.165) is 16.1 Å². The molecule has 0 atom stereocenters. The number of methoxy groups -OCH3 is 1. The van der Waals surface area contributed by atoms with Crippen LogP contribution in [-0.2, 0) is 24.3 Å². The summed E-state index contributed by atoms with van der Waals surface area (Å²) in [7, 11) is -2.23. The number of carbonyl (C=O) groups is 2. The SMILES string of the molecule is COC(=O)C1CCN(C(=O)CN(c2ccc(C)cc2)S(C)(=O)=O)CC1. The highest BCUT2D eigenvalue weighted by molar-refractivity contribution is 7.92. The number of esters is 1. The van der Waals surface area contributed by atoms with Crippen LogP contribution < -0.4 is 4.31 Å². The number of hydrogen-bond donors (Lipinski definition) is 0. The van der Waals surface area contributed by atoms with Crippen molar-refractivity contribution in [2.24, 2.45) is 5.92 Å². The number of nitrogens with zero attached hydrogens (tertiary/aromatic N) is 2. The third-order valence-electron chi connectivity index (χ3n) is 4.38. The maximum atomic E-state index is 12.5. The summed E-state index contributed by atoms with van der Waals surface area (Å²) in [5.74, 6) is -0.726. The molecule has 0 radical (unpaired) electrons. The fraction of sp³-hybridized carbons (Fsp3) is 0.529. The lowest BCUT2D eigenvalue weighted by molar-refractivity contribution is -0.148. The fourth-order valence-corrected chi connectivity index (χ4v) is 3.71. The van der Waals surface area contributed by atoms with Gasteiger partial charge in [-0.05, 0) is 31.9 Å². The van der Waals surface area contributed by atoms with Gasteiger partial charge in [-0.3, -0.25) is 13.9 Å². The van der Waals surface area contributed by atoms with Gasteiger partial charge in [0.2, 0.25) is 15.9 Å². The minimum Gasteiger partial charge on any atom is -0.469 e. The molecule has 1 saturated heterocycles. The molecule has 0 aromatic heterocycles. The second-order valence-electron chi connectivity index (χ2n) is 6.28. The van der Waals surface area contributed by atoms with E-state index in [9.17, 15) is 18.0 Å². The molecular formula is C17H24N2O5S. The van der Waals surface area contributed by atoms with Crippen LogP contribution in [0, 0.1) is 12.8 Å². The molecule has 1 aromatic carbocycles. The molecule has 0 saturated carbocycles. The largest absolute Gasteiger partial charge is 0.469 e. The van der Waals surface area contributed by atoms with Crippen molar-refractivity contribution in [3.8, 4) is 0 Å². The van der Waals surface area contributed by atoms with Crippen LogP contribution in [0.3, 0.4) is 0 Å². The van der Waals surface area contributed by atoms with E-state index >= 15 is 0 Å². The van der Waals surface area contributed by atoms with Gasteiger partial charge in [-0.25, -0.2) is 8.42 Å². The van der Waals surface area contributed by atoms with Gasteiger partial charge in [-0.15, -0.1) is 0 Å². The van der Waals surface area contributed by atoms with Crippen molar-refractivity contribution in [1.29, 1.82) is 0 Å². The molecule has 1 aliphatic rings. The molecule has 2 rings (SSSR count). The Morgan fingerprint density at radius 3 is 2.24 bits per heavy atom. The predicted octanol–water partition coefficient (Wildman–Crippen LogP) is 1.17. The molecule has 1 heterocycles. The first-order valence-electron chi connectivity index (χ1n) is 8.12. The van der Waals surface area contributed by atoms with Gasteiger partial charge in [0.15, 0.2) is 0 Å². The van der Waals surface area contributed by atoms with Crippen molar-refractivity contribution >= 4 is 27.6 Å². The van der Waals surface area contributed by atoms with Crippen LogP contribution in [-0.4, -0.2) is 58.2 Å². The van der Waals surface area contributed by atoms with Gasteiger partial charge in [-0.2, -0.15) is 0 Å². The molecule has 0 bridgehead atoms. The molecule has 1 fully saturated rings. The summed E-state index contributed by atoms with van der Waals surface area (Å²) >= 11 is 0. The number of anilines is 1. The lowest BCUT2D eigenvalue weighted by Crippen LogP contribution is -2.46. The quantitative estimate of drug-likeness (QED) is 0.729. The molecule has 0 aliphatic carbocycles. The van der Waals surface area contributed by atoms with Crippen molar-refractivity contribution in [1.82, 2.24) is 4.90 Å². The number of carbonyl (C=O) groups excluding carboxylic acids is 2. The van der Waals surface area contributed by atoms with Crippen LogP contribution >= 0.6 is 0 Å². The van der Waals surface area contributed by atoms with E-state index in [0.29, 0.717) is 31.6 Å². The predicted molar refractivity (Wildman–Crippen MR) is 94.7 cm³/mol. The zero-order valence-corrected chi connectivity index (χ0v) is 15.6. The van der Waals surface area contributed by atoms with Crippen molar-refractivity contribution < 1.29 is 22.7 Å². The number of benzene rings is 1. The third kappa shape index (κ3) is 4.94. The molecule has 1 aromatic rings. The van der Waals surface area contributed by atoms with E-state index in [1.165, 1.54) is 7.11 Å². The molecule has 0 spiro atoms. The molecule has 0 unspecified atom stereocenters. The van der Waals surface area contributed by atoms with Gasteiger partial charge >= 0.3 is 5.97 Å². The number of ether oxygens (including phenoxy) is 1. The van der Waals surface area contributed by atoms with Gasteiger partial charge in [0.25, 0.3) is 0 Å². The Labute approximate surface area is 148 Å². The average Bonchev–Trinajstić information content (AvgIpc) is 2.59. The van der Waals surface area contributed by atoms with Crippen LogP contribution in [0.4, 0.5) is 5.69 Å². The van der Waals surface area contributed by atoms with Crippen LogP contribution in [0.15, 0.2) is 24.3 Å². The maximum Gasteiger partial charge on any atom is 0.308 e. The summed E-state index contributed by atoms with van der Waals surface area (Å²) in [6.45, 7) is 2.50. The average molecular weight is 368 g/mol. The minimum absolute atomic E-state index is 0.197. The summed E-state index contributed by atoms with van der Waals surface area (Å²) in [5.41, 5.74) is 1.47. The third-order valence-corrected chi connectivity index (χ3v) is 5.52. The van der Waals surface area contributed by atoms with E-state index in [4.69, 9.17) is 4.74 Å². The van der Waals surface area contributed by atoms with Crippen molar-refractivity contribution in [2.75, 3.05) is 37.3 Å². The topological polar surface area (TPSA) is 84.0 Å². The Morgan fingerprint density at radius 2 is 1.76 bits per heavy atom. The molecule has 0 N–H and O–H groups in total. The normalized spacial score (nSPS) is 15.7. The number of rotatable bonds is 5. The Balaban J connectivity index is 2.06. The molecule has 1 aliphatic heterocycles.